The molecule has 0 amide bonds. The molecule has 0 aliphatic heterocycles. The summed E-state index contributed by atoms with van der Waals surface area (Å²) in [5.74, 6) is 0.0360. The van der Waals surface area contributed by atoms with E-state index in [4.69, 9.17) is 0 Å². The topological polar surface area (TPSA) is 35.0 Å². The Kier molecular flexibility index (Phi) is 2.03. The maximum absolute atomic E-state index is 12.9. The lowest BCUT2D eigenvalue weighted by Gasteiger charge is -2.02. The van der Waals surface area contributed by atoms with Crippen molar-refractivity contribution in [3.63, 3.8) is 0 Å². The average Bonchev–Trinajstić information content (AvgIpc) is 1.96. The number of ether oxygens (including phenoxy) is 1. The first-order valence-corrected chi connectivity index (χ1v) is 3.20. The zero-order valence-corrected chi connectivity index (χ0v) is 6.68. The number of halogens is 1. The monoisotopic (exact) mass is 156 g/mol. The van der Waals surface area contributed by atoms with Crippen LogP contribution < -0.4 is 4.74 Å². The van der Waals surface area contributed by atoms with Crippen molar-refractivity contribution in [2.45, 2.75) is 13.8 Å². The molecule has 1 aromatic rings. The normalized spacial score (nSPS) is 9.82. The van der Waals surface area contributed by atoms with E-state index in [0.717, 1.165) is 0 Å². The minimum Gasteiger partial charge on any atom is -0.479 e. The van der Waals surface area contributed by atoms with Gasteiger partial charge in [-0.05, 0) is 13.8 Å². The van der Waals surface area contributed by atoms with Crippen LogP contribution in [-0.2, 0) is 0 Å². The van der Waals surface area contributed by atoms with Gasteiger partial charge in [-0.15, -0.1) is 0 Å². The van der Waals surface area contributed by atoms with Crippen LogP contribution in [0.5, 0.6) is 5.88 Å². The van der Waals surface area contributed by atoms with Crippen LogP contribution in [0.3, 0.4) is 0 Å². The molecule has 0 atom stereocenters. The highest BCUT2D eigenvalue weighted by molar-refractivity contribution is 5.17. The third-order valence-electron chi connectivity index (χ3n) is 1.29. The lowest BCUT2D eigenvalue weighted by molar-refractivity contribution is 0.363. The second kappa shape index (κ2) is 2.82. The van der Waals surface area contributed by atoms with Crippen LogP contribution in [0, 0.1) is 19.7 Å². The Labute approximate surface area is 64.2 Å². The van der Waals surface area contributed by atoms with E-state index in [0.29, 0.717) is 11.5 Å². The maximum atomic E-state index is 12.9. The van der Waals surface area contributed by atoms with Gasteiger partial charge < -0.3 is 4.74 Å². The summed E-state index contributed by atoms with van der Waals surface area (Å²) in [6.45, 7) is 3.27. The van der Waals surface area contributed by atoms with E-state index in [1.165, 1.54) is 7.11 Å². The van der Waals surface area contributed by atoms with Gasteiger partial charge in [-0.2, -0.15) is 9.37 Å². The SMILES string of the molecule is COc1nc(C)nc(C)c1F. The largest absolute Gasteiger partial charge is 0.479 e. The van der Waals surface area contributed by atoms with Crippen molar-refractivity contribution < 1.29 is 9.13 Å². The minimum absolute atomic E-state index is 0.00926. The van der Waals surface area contributed by atoms with E-state index < -0.39 is 5.82 Å². The molecule has 0 fully saturated rings. The standard InChI is InChI=1S/C7H9FN2O/c1-4-6(8)7(11-3)10-5(2)9-4/h1-3H3. The lowest BCUT2D eigenvalue weighted by Crippen LogP contribution is -2.00. The Hall–Kier alpha value is -1.19. The smallest absolute Gasteiger partial charge is 0.253 e. The zero-order valence-electron chi connectivity index (χ0n) is 6.68. The van der Waals surface area contributed by atoms with E-state index >= 15 is 0 Å². The summed E-state index contributed by atoms with van der Waals surface area (Å²) in [6, 6.07) is 0. The number of methoxy groups -OCH3 is 1. The van der Waals surface area contributed by atoms with Crippen molar-refractivity contribution in [2.75, 3.05) is 7.11 Å². The lowest BCUT2D eigenvalue weighted by atomic mass is 10.4. The molecule has 1 aromatic heterocycles. The summed E-state index contributed by atoms with van der Waals surface area (Å²) in [6.07, 6.45) is 0. The second-order valence-electron chi connectivity index (χ2n) is 2.18. The van der Waals surface area contributed by atoms with Crippen molar-refractivity contribution in [2.24, 2.45) is 0 Å². The van der Waals surface area contributed by atoms with E-state index in [9.17, 15) is 4.39 Å². The summed E-state index contributed by atoms with van der Waals surface area (Å²) in [5.41, 5.74) is 0.314. The molecule has 0 bridgehead atoms. The molecule has 3 nitrogen and oxygen atoms in total. The number of hydrogen-bond donors (Lipinski definition) is 0. The number of aromatic nitrogens is 2. The fraction of sp³-hybridized carbons (Fsp3) is 0.429. The van der Waals surface area contributed by atoms with Gasteiger partial charge in [0, 0.05) is 0 Å². The Morgan fingerprint density at radius 2 is 1.91 bits per heavy atom. The molecule has 0 spiro atoms. The first kappa shape index (κ1) is 7.91. The fourth-order valence-corrected chi connectivity index (χ4v) is 0.803. The molecule has 60 valence electrons. The van der Waals surface area contributed by atoms with Gasteiger partial charge in [-0.1, -0.05) is 0 Å². The molecule has 0 aliphatic rings. The highest BCUT2D eigenvalue weighted by Gasteiger charge is 2.08. The van der Waals surface area contributed by atoms with Crippen LogP contribution in [0.15, 0.2) is 0 Å². The Bertz CT molecular complexity index is 275. The zero-order chi connectivity index (χ0) is 8.43. The van der Waals surface area contributed by atoms with Gasteiger partial charge in [0.2, 0.25) is 5.82 Å². The van der Waals surface area contributed by atoms with Crippen molar-refractivity contribution in [1.29, 1.82) is 0 Å². The molecule has 1 heterocycles. The van der Waals surface area contributed by atoms with Crippen LogP contribution in [0.1, 0.15) is 11.5 Å². The maximum Gasteiger partial charge on any atom is 0.253 e. The molecule has 11 heavy (non-hydrogen) atoms. The van der Waals surface area contributed by atoms with Crippen molar-refractivity contribution in [1.82, 2.24) is 9.97 Å². The molecule has 0 aliphatic carbocycles. The third kappa shape index (κ3) is 1.45. The van der Waals surface area contributed by atoms with E-state index in [-0.39, 0.29) is 5.88 Å². The van der Waals surface area contributed by atoms with Gasteiger partial charge in [0.15, 0.2) is 0 Å². The third-order valence-corrected chi connectivity index (χ3v) is 1.29. The average molecular weight is 156 g/mol. The quantitative estimate of drug-likeness (QED) is 0.613. The summed E-state index contributed by atoms with van der Waals surface area (Å²) < 4.78 is 17.6. The predicted molar refractivity (Wildman–Crippen MR) is 38.0 cm³/mol. The Balaban J connectivity index is 3.24. The second-order valence-corrected chi connectivity index (χ2v) is 2.18. The fourth-order valence-electron chi connectivity index (χ4n) is 0.803. The van der Waals surface area contributed by atoms with Crippen molar-refractivity contribution >= 4 is 0 Å². The molecule has 0 radical (unpaired) electrons. The molecule has 4 heteroatoms. The molecule has 0 N–H and O–H groups in total. The number of aryl methyl sites for hydroxylation is 2. The van der Waals surface area contributed by atoms with Crippen LogP contribution >= 0.6 is 0 Å². The molecule has 0 saturated carbocycles. The van der Waals surface area contributed by atoms with Crippen molar-refractivity contribution in [3.05, 3.63) is 17.3 Å². The summed E-state index contributed by atoms with van der Waals surface area (Å²) in [7, 11) is 1.38. The first-order valence-electron chi connectivity index (χ1n) is 3.20. The van der Waals surface area contributed by atoms with Crippen LogP contribution in [-0.4, -0.2) is 17.1 Å². The molecule has 0 aromatic carbocycles. The minimum atomic E-state index is -0.488. The highest BCUT2D eigenvalue weighted by atomic mass is 19.1. The highest BCUT2D eigenvalue weighted by Crippen LogP contribution is 2.14. The predicted octanol–water partition coefficient (Wildman–Crippen LogP) is 1.24. The Morgan fingerprint density at radius 1 is 1.27 bits per heavy atom. The van der Waals surface area contributed by atoms with E-state index in [1.807, 2.05) is 0 Å². The summed E-state index contributed by atoms with van der Waals surface area (Å²) in [4.78, 5) is 7.56. The molecule has 0 unspecified atom stereocenters. The van der Waals surface area contributed by atoms with E-state index in [2.05, 4.69) is 14.7 Å². The van der Waals surface area contributed by atoms with Crippen LogP contribution in [0.2, 0.25) is 0 Å². The number of rotatable bonds is 1. The number of nitrogens with zero attached hydrogens (tertiary/aromatic N) is 2. The van der Waals surface area contributed by atoms with Gasteiger partial charge in [-0.3, -0.25) is 0 Å². The Morgan fingerprint density at radius 3 is 2.45 bits per heavy atom. The van der Waals surface area contributed by atoms with Gasteiger partial charge in [0.05, 0.1) is 12.8 Å². The first-order chi connectivity index (χ1) is 5.15. The summed E-state index contributed by atoms with van der Waals surface area (Å²) >= 11 is 0. The van der Waals surface area contributed by atoms with Gasteiger partial charge in [-0.25, -0.2) is 4.98 Å². The molecule has 0 saturated heterocycles. The summed E-state index contributed by atoms with van der Waals surface area (Å²) in [5, 5.41) is 0. The van der Waals surface area contributed by atoms with Gasteiger partial charge in [0.25, 0.3) is 5.88 Å². The van der Waals surface area contributed by atoms with Crippen molar-refractivity contribution in [3.8, 4) is 5.88 Å². The van der Waals surface area contributed by atoms with Crippen LogP contribution in [0.4, 0.5) is 4.39 Å². The van der Waals surface area contributed by atoms with Gasteiger partial charge in [0.1, 0.15) is 5.82 Å². The molecular weight excluding hydrogens is 147 g/mol. The molecule has 1 rings (SSSR count). The molecular formula is C7H9FN2O. The number of hydrogen-bond acceptors (Lipinski definition) is 3. The van der Waals surface area contributed by atoms with Gasteiger partial charge >= 0.3 is 0 Å². The van der Waals surface area contributed by atoms with E-state index in [1.54, 1.807) is 13.8 Å². The van der Waals surface area contributed by atoms with Crippen LogP contribution in [0.25, 0.3) is 0 Å².